The number of nitrogens with zero attached hydrogens (tertiary/aromatic N) is 4. The summed E-state index contributed by atoms with van der Waals surface area (Å²) in [6, 6.07) is 16.2. The van der Waals surface area contributed by atoms with Crippen LogP contribution in [0.2, 0.25) is 0 Å². The summed E-state index contributed by atoms with van der Waals surface area (Å²) in [6.07, 6.45) is 6.11. The van der Waals surface area contributed by atoms with E-state index >= 15 is 0 Å². The second-order valence-electron chi connectivity index (χ2n) is 10.3. The molecule has 11 nitrogen and oxygen atoms in total. The predicted octanol–water partition coefficient (Wildman–Crippen LogP) is 3.98. The molecule has 3 heterocycles. The quantitative estimate of drug-likeness (QED) is 0.247. The summed E-state index contributed by atoms with van der Waals surface area (Å²) in [5, 5.41) is 9.60. The number of hydrogen-bond donors (Lipinski definition) is 3. The molecule has 0 spiro atoms. The number of aryl methyl sites for hydroxylation is 1. The number of amides is 1. The van der Waals surface area contributed by atoms with Gasteiger partial charge in [0.1, 0.15) is 5.75 Å². The largest absolute Gasteiger partial charge is 0.382 e. The van der Waals surface area contributed by atoms with Gasteiger partial charge in [-0.3, -0.25) is 14.7 Å². The van der Waals surface area contributed by atoms with Crippen molar-refractivity contribution >= 4 is 33.3 Å². The molecule has 218 valence electrons. The molecular formula is C30H33N7O4S. The van der Waals surface area contributed by atoms with Crippen LogP contribution in [0.1, 0.15) is 28.4 Å². The molecule has 2 aromatic carbocycles. The van der Waals surface area contributed by atoms with Crippen LogP contribution in [-0.4, -0.2) is 66.1 Å². The van der Waals surface area contributed by atoms with Crippen LogP contribution in [0.5, 0.6) is 5.75 Å². The molecule has 1 aliphatic rings. The third-order valence-corrected chi connectivity index (χ3v) is 7.29. The van der Waals surface area contributed by atoms with Crippen LogP contribution in [0.4, 0.5) is 17.3 Å². The summed E-state index contributed by atoms with van der Waals surface area (Å²) in [6.45, 7) is 6.71. The van der Waals surface area contributed by atoms with E-state index in [2.05, 4.69) is 42.7 Å². The highest BCUT2D eigenvalue weighted by Crippen LogP contribution is 2.29. The second kappa shape index (κ2) is 12.6. The molecule has 1 saturated heterocycles. The maximum absolute atomic E-state index is 13.6. The SMILES string of the molecule is Cc1ccc(NC(=O)c2cccc(OS(C)(=O)=O)c2CN2CCNC(C)C2)cc1Nc1nccc(-c2cccnc2)n1. The fourth-order valence-electron chi connectivity index (χ4n) is 4.81. The zero-order valence-corrected chi connectivity index (χ0v) is 24.5. The summed E-state index contributed by atoms with van der Waals surface area (Å²) < 4.78 is 29.4. The average molecular weight is 588 g/mol. The number of aromatic nitrogens is 3. The van der Waals surface area contributed by atoms with E-state index in [1.165, 1.54) is 0 Å². The first-order chi connectivity index (χ1) is 20.1. The van der Waals surface area contributed by atoms with Gasteiger partial charge < -0.3 is 20.1 Å². The number of carbonyl (C=O) groups is 1. The predicted molar refractivity (Wildman–Crippen MR) is 162 cm³/mol. The van der Waals surface area contributed by atoms with Crippen molar-refractivity contribution in [2.45, 2.75) is 26.4 Å². The summed E-state index contributed by atoms with van der Waals surface area (Å²) in [5.74, 6) is 0.172. The lowest BCUT2D eigenvalue weighted by atomic mass is 10.0. The standard InChI is InChI=1S/C30H33N7O4S/c1-20-9-10-23(16-27(20)36-30-33-13-11-26(35-30)22-6-5-12-31-17-22)34-29(38)24-7-4-8-28(41-42(3,39)40)25(24)19-37-15-14-32-21(2)18-37/h4-13,16-17,21,32H,14-15,18-19H2,1-3H3,(H,34,38)(H,33,35,36). The molecule has 1 amide bonds. The zero-order valence-electron chi connectivity index (χ0n) is 23.7. The minimum atomic E-state index is -3.80. The van der Waals surface area contributed by atoms with Gasteiger partial charge in [-0.05, 0) is 61.9 Å². The van der Waals surface area contributed by atoms with Crippen LogP contribution in [0.25, 0.3) is 11.3 Å². The lowest BCUT2D eigenvalue weighted by Crippen LogP contribution is -2.48. The maximum atomic E-state index is 13.6. The lowest BCUT2D eigenvalue weighted by Gasteiger charge is -2.32. The summed E-state index contributed by atoms with van der Waals surface area (Å²) in [4.78, 5) is 28.9. The van der Waals surface area contributed by atoms with Crippen molar-refractivity contribution in [3.05, 3.63) is 89.9 Å². The molecule has 0 aliphatic carbocycles. The molecule has 5 rings (SSSR count). The highest BCUT2D eigenvalue weighted by atomic mass is 32.2. The molecule has 1 unspecified atom stereocenters. The number of piperazine rings is 1. The molecule has 0 saturated carbocycles. The van der Waals surface area contributed by atoms with E-state index in [0.717, 1.165) is 48.4 Å². The van der Waals surface area contributed by atoms with Gasteiger partial charge in [0.2, 0.25) is 5.95 Å². The molecule has 3 N–H and O–H groups in total. The molecule has 1 fully saturated rings. The lowest BCUT2D eigenvalue weighted by molar-refractivity contribution is 0.102. The van der Waals surface area contributed by atoms with Crippen LogP contribution in [0.15, 0.2) is 73.2 Å². The average Bonchev–Trinajstić information content (AvgIpc) is 2.95. The molecule has 2 aromatic heterocycles. The van der Waals surface area contributed by atoms with E-state index in [-0.39, 0.29) is 17.7 Å². The molecule has 42 heavy (non-hydrogen) atoms. The Morgan fingerprint density at radius 3 is 2.76 bits per heavy atom. The van der Waals surface area contributed by atoms with Crippen LogP contribution in [0, 0.1) is 6.92 Å². The number of hydrogen-bond acceptors (Lipinski definition) is 10. The van der Waals surface area contributed by atoms with Crippen molar-refractivity contribution in [2.75, 3.05) is 36.5 Å². The Kier molecular flexibility index (Phi) is 8.76. The third kappa shape index (κ3) is 7.46. The minimum absolute atomic E-state index is 0.147. The van der Waals surface area contributed by atoms with Gasteiger partial charge in [0.25, 0.3) is 5.91 Å². The van der Waals surface area contributed by atoms with E-state index in [1.54, 1.807) is 42.9 Å². The van der Waals surface area contributed by atoms with Crippen molar-refractivity contribution in [3.8, 4) is 17.0 Å². The molecule has 1 aliphatic heterocycles. The Morgan fingerprint density at radius 1 is 1.14 bits per heavy atom. The Hall–Kier alpha value is -4.39. The van der Waals surface area contributed by atoms with Crippen molar-refractivity contribution in [2.24, 2.45) is 0 Å². The fourth-order valence-corrected chi connectivity index (χ4v) is 5.29. The smallest absolute Gasteiger partial charge is 0.306 e. The normalized spacial score (nSPS) is 15.6. The van der Waals surface area contributed by atoms with E-state index in [9.17, 15) is 13.2 Å². The van der Waals surface area contributed by atoms with Crippen LogP contribution in [0.3, 0.4) is 0 Å². The van der Waals surface area contributed by atoms with E-state index in [0.29, 0.717) is 29.3 Å². The second-order valence-corrected chi connectivity index (χ2v) is 11.9. The molecule has 1 atom stereocenters. The van der Waals surface area contributed by atoms with Crippen molar-refractivity contribution < 1.29 is 17.4 Å². The molecule has 0 radical (unpaired) electrons. The van der Waals surface area contributed by atoms with Crippen molar-refractivity contribution in [3.63, 3.8) is 0 Å². The number of rotatable bonds is 9. The van der Waals surface area contributed by atoms with Crippen LogP contribution < -0.4 is 20.1 Å². The Morgan fingerprint density at radius 2 is 2.00 bits per heavy atom. The monoisotopic (exact) mass is 587 g/mol. The highest BCUT2D eigenvalue weighted by Gasteiger charge is 2.23. The van der Waals surface area contributed by atoms with Gasteiger partial charge in [-0.2, -0.15) is 8.42 Å². The van der Waals surface area contributed by atoms with Gasteiger partial charge in [-0.25, -0.2) is 9.97 Å². The van der Waals surface area contributed by atoms with E-state index in [4.69, 9.17) is 4.18 Å². The Bertz CT molecular complexity index is 1680. The van der Waals surface area contributed by atoms with Gasteiger partial charge in [0.05, 0.1) is 11.9 Å². The van der Waals surface area contributed by atoms with Crippen LogP contribution in [-0.2, 0) is 16.7 Å². The van der Waals surface area contributed by atoms with Gasteiger partial charge in [-0.15, -0.1) is 0 Å². The first kappa shape index (κ1) is 29.1. The zero-order chi connectivity index (χ0) is 29.7. The summed E-state index contributed by atoms with van der Waals surface area (Å²) in [7, 11) is -3.80. The number of pyridine rings is 1. The first-order valence-corrected chi connectivity index (χ1v) is 15.4. The Balaban J connectivity index is 1.39. The molecular weight excluding hydrogens is 554 g/mol. The molecule has 12 heteroatoms. The molecule has 0 bridgehead atoms. The third-order valence-electron chi connectivity index (χ3n) is 6.81. The number of anilines is 3. The highest BCUT2D eigenvalue weighted by molar-refractivity contribution is 7.86. The van der Waals surface area contributed by atoms with E-state index < -0.39 is 10.1 Å². The first-order valence-electron chi connectivity index (χ1n) is 13.5. The van der Waals surface area contributed by atoms with Crippen molar-refractivity contribution in [1.82, 2.24) is 25.2 Å². The van der Waals surface area contributed by atoms with Crippen molar-refractivity contribution in [1.29, 1.82) is 0 Å². The number of carbonyl (C=O) groups excluding carboxylic acids is 1. The minimum Gasteiger partial charge on any atom is -0.382 e. The maximum Gasteiger partial charge on any atom is 0.306 e. The van der Waals surface area contributed by atoms with Crippen LogP contribution >= 0.6 is 0 Å². The van der Waals surface area contributed by atoms with Gasteiger partial charge >= 0.3 is 10.1 Å². The van der Waals surface area contributed by atoms with Gasteiger partial charge in [0.15, 0.2) is 0 Å². The summed E-state index contributed by atoms with van der Waals surface area (Å²) >= 11 is 0. The number of nitrogens with one attached hydrogen (secondary N) is 3. The number of benzene rings is 2. The molecule has 4 aromatic rings. The topological polar surface area (TPSA) is 138 Å². The summed E-state index contributed by atoms with van der Waals surface area (Å²) in [5.41, 5.74) is 4.65. The fraction of sp³-hybridized carbons (Fsp3) is 0.267. The van der Waals surface area contributed by atoms with Gasteiger partial charge in [-0.1, -0.05) is 12.1 Å². The van der Waals surface area contributed by atoms with Gasteiger partial charge in [0, 0.05) is 78.9 Å². The Labute approximate surface area is 245 Å². The van der Waals surface area contributed by atoms with E-state index in [1.807, 2.05) is 37.3 Å².